The molecule has 0 aromatic heterocycles. The topological polar surface area (TPSA) is 21.3 Å². The molecule has 1 saturated heterocycles. The Morgan fingerprint density at radius 3 is 2.62 bits per heavy atom. The van der Waals surface area contributed by atoms with Gasteiger partial charge in [-0.15, -0.1) is 0 Å². The van der Waals surface area contributed by atoms with Crippen molar-refractivity contribution in [3.05, 3.63) is 34.4 Å². The molecule has 1 N–H and O–H groups in total. The van der Waals surface area contributed by atoms with Gasteiger partial charge in [-0.2, -0.15) is 0 Å². The number of halogens is 3. The smallest absolute Gasteiger partial charge is 0.148 e. The van der Waals surface area contributed by atoms with Crippen molar-refractivity contribution < 1.29 is 13.5 Å². The van der Waals surface area contributed by atoms with Crippen molar-refractivity contribution in [2.75, 3.05) is 20.2 Å². The van der Waals surface area contributed by atoms with Crippen molar-refractivity contribution in [3.63, 3.8) is 0 Å². The van der Waals surface area contributed by atoms with Gasteiger partial charge in [0, 0.05) is 32.2 Å². The fourth-order valence-electron chi connectivity index (χ4n) is 1.80. The van der Waals surface area contributed by atoms with Crippen LogP contribution in [0.2, 0.25) is 5.02 Å². The summed E-state index contributed by atoms with van der Waals surface area (Å²) in [5.41, 5.74) is -0.511. The predicted octanol–water partition coefficient (Wildman–Crippen LogP) is 2.15. The number of hydrogen-bond acceptors (Lipinski definition) is 2. The van der Waals surface area contributed by atoms with E-state index < -0.39 is 17.2 Å². The van der Waals surface area contributed by atoms with Gasteiger partial charge >= 0.3 is 0 Å². The molecule has 0 unspecified atom stereocenters. The van der Waals surface area contributed by atoms with Crippen LogP contribution in [0.5, 0.6) is 0 Å². The fourth-order valence-corrected chi connectivity index (χ4v) is 1.98. The lowest BCUT2D eigenvalue weighted by atomic mass is 9.88. The third kappa shape index (κ3) is 1.93. The number of rotatable bonds is 3. The van der Waals surface area contributed by atoms with E-state index in [9.17, 15) is 8.78 Å². The van der Waals surface area contributed by atoms with E-state index in [2.05, 4.69) is 5.32 Å². The highest BCUT2D eigenvalue weighted by Gasteiger charge is 2.38. The van der Waals surface area contributed by atoms with Crippen molar-refractivity contribution >= 4 is 11.6 Å². The molecule has 1 aromatic rings. The summed E-state index contributed by atoms with van der Waals surface area (Å²) in [6.45, 7) is 1.18. The standard InChI is InChI=1S/C11H12ClF2NO/c1-16-11(5-15-6-11)4-7-9(13)3-2-8(12)10(7)14/h2-3,15H,4-6H2,1H3. The molecule has 2 rings (SSSR count). The predicted molar refractivity (Wildman–Crippen MR) is 57.7 cm³/mol. The molecule has 88 valence electrons. The van der Waals surface area contributed by atoms with Crippen LogP contribution in [-0.4, -0.2) is 25.8 Å². The molecule has 1 aliphatic rings. The molecule has 1 fully saturated rings. The first kappa shape index (κ1) is 11.8. The Balaban J connectivity index is 2.30. The first-order chi connectivity index (χ1) is 7.58. The average molecular weight is 248 g/mol. The summed E-state index contributed by atoms with van der Waals surface area (Å²) in [5, 5.41) is 2.96. The molecule has 0 amide bonds. The summed E-state index contributed by atoms with van der Waals surface area (Å²) in [7, 11) is 1.54. The Hall–Kier alpha value is -0.710. The molecule has 1 aromatic carbocycles. The Bertz CT molecular complexity index is 402. The number of methoxy groups -OCH3 is 1. The van der Waals surface area contributed by atoms with Crippen LogP contribution in [0.3, 0.4) is 0 Å². The first-order valence-corrected chi connectivity index (χ1v) is 5.34. The second kappa shape index (κ2) is 4.28. The van der Waals surface area contributed by atoms with E-state index in [0.717, 1.165) is 0 Å². The van der Waals surface area contributed by atoms with Gasteiger partial charge in [0.15, 0.2) is 0 Å². The maximum Gasteiger partial charge on any atom is 0.148 e. The maximum atomic E-state index is 13.6. The van der Waals surface area contributed by atoms with Gasteiger partial charge in [0.25, 0.3) is 0 Å². The number of ether oxygens (including phenoxy) is 1. The fraction of sp³-hybridized carbons (Fsp3) is 0.455. The number of benzene rings is 1. The van der Waals surface area contributed by atoms with Crippen LogP contribution in [0.4, 0.5) is 8.78 Å². The van der Waals surface area contributed by atoms with Crippen LogP contribution in [0.15, 0.2) is 12.1 Å². The normalized spacial score (nSPS) is 18.2. The lowest BCUT2D eigenvalue weighted by molar-refractivity contribution is -0.0512. The summed E-state index contributed by atoms with van der Waals surface area (Å²) in [6.07, 6.45) is 0.189. The van der Waals surface area contributed by atoms with E-state index in [4.69, 9.17) is 16.3 Å². The molecule has 0 bridgehead atoms. The van der Waals surface area contributed by atoms with Crippen molar-refractivity contribution in [1.82, 2.24) is 5.32 Å². The lowest BCUT2D eigenvalue weighted by Gasteiger charge is -2.41. The van der Waals surface area contributed by atoms with E-state index in [1.165, 1.54) is 12.1 Å². The zero-order valence-corrected chi connectivity index (χ0v) is 9.57. The molecule has 1 aliphatic heterocycles. The van der Waals surface area contributed by atoms with Gasteiger partial charge in [-0.05, 0) is 12.1 Å². The third-order valence-corrected chi connectivity index (χ3v) is 3.26. The van der Waals surface area contributed by atoms with Gasteiger partial charge in [0.2, 0.25) is 0 Å². The molecular weight excluding hydrogens is 236 g/mol. The van der Waals surface area contributed by atoms with E-state index in [-0.39, 0.29) is 17.0 Å². The molecule has 0 atom stereocenters. The number of hydrogen-bond donors (Lipinski definition) is 1. The molecular formula is C11H12ClF2NO. The molecule has 5 heteroatoms. The second-order valence-electron chi connectivity index (χ2n) is 3.99. The highest BCUT2D eigenvalue weighted by atomic mass is 35.5. The van der Waals surface area contributed by atoms with Gasteiger partial charge in [-0.3, -0.25) is 0 Å². The molecule has 16 heavy (non-hydrogen) atoms. The highest BCUT2D eigenvalue weighted by Crippen LogP contribution is 2.28. The summed E-state index contributed by atoms with van der Waals surface area (Å²) in [5.74, 6) is -1.27. The van der Waals surface area contributed by atoms with Crippen LogP contribution in [0, 0.1) is 11.6 Å². The Morgan fingerprint density at radius 2 is 2.12 bits per heavy atom. The molecule has 0 spiro atoms. The number of nitrogens with one attached hydrogen (secondary N) is 1. The quantitative estimate of drug-likeness (QED) is 0.827. The second-order valence-corrected chi connectivity index (χ2v) is 4.40. The third-order valence-electron chi connectivity index (χ3n) is 2.97. The minimum atomic E-state index is -0.690. The molecule has 2 nitrogen and oxygen atoms in total. The van der Waals surface area contributed by atoms with Gasteiger partial charge < -0.3 is 10.1 Å². The zero-order chi connectivity index (χ0) is 11.8. The van der Waals surface area contributed by atoms with Crippen LogP contribution in [0.1, 0.15) is 5.56 Å². The van der Waals surface area contributed by atoms with Crippen LogP contribution in [0.25, 0.3) is 0 Å². The summed E-state index contributed by atoms with van der Waals surface area (Å²) < 4.78 is 32.4. The summed E-state index contributed by atoms with van der Waals surface area (Å²) in [4.78, 5) is 0. The van der Waals surface area contributed by atoms with E-state index in [1.807, 2.05) is 0 Å². The van der Waals surface area contributed by atoms with E-state index in [1.54, 1.807) is 7.11 Å². The molecule has 1 heterocycles. The monoisotopic (exact) mass is 247 g/mol. The van der Waals surface area contributed by atoms with Gasteiger partial charge in [-0.1, -0.05) is 11.6 Å². The maximum absolute atomic E-state index is 13.6. The lowest BCUT2D eigenvalue weighted by Crippen LogP contribution is -2.62. The largest absolute Gasteiger partial charge is 0.375 e. The summed E-state index contributed by atoms with van der Waals surface area (Å²) in [6, 6.07) is 2.39. The van der Waals surface area contributed by atoms with Crippen LogP contribution in [-0.2, 0) is 11.2 Å². The highest BCUT2D eigenvalue weighted by molar-refractivity contribution is 6.30. The first-order valence-electron chi connectivity index (χ1n) is 4.96. The van der Waals surface area contributed by atoms with Crippen molar-refractivity contribution in [2.24, 2.45) is 0 Å². The Morgan fingerprint density at radius 1 is 1.44 bits per heavy atom. The summed E-state index contributed by atoms with van der Waals surface area (Å²) >= 11 is 5.62. The SMILES string of the molecule is COC1(Cc2c(F)ccc(Cl)c2F)CNC1. The van der Waals surface area contributed by atoms with Crippen LogP contribution >= 0.6 is 11.6 Å². The molecule has 0 saturated carbocycles. The van der Waals surface area contributed by atoms with Gasteiger partial charge in [0.1, 0.15) is 11.6 Å². The molecule has 0 aliphatic carbocycles. The van der Waals surface area contributed by atoms with E-state index >= 15 is 0 Å². The Labute approximate surface area is 97.5 Å². The minimum absolute atomic E-state index is 0.00384. The van der Waals surface area contributed by atoms with Crippen LogP contribution < -0.4 is 5.32 Å². The minimum Gasteiger partial charge on any atom is -0.375 e. The van der Waals surface area contributed by atoms with Crippen molar-refractivity contribution in [2.45, 2.75) is 12.0 Å². The average Bonchev–Trinajstić information content (AvgIpc) is 2.22. The zero-order valence-electron chi connectivity index (χ0n) is 8.82. The van der Waals surface area contributed by atoms with Gasteiger partial charge in [0.05, 0.1) is 10.6 Å². The van der Waals surface area contributed by atoms with E-state index in [0.29, 0.717) is 13.1 Å². The van der Waals surface area contributed by atoms with Crippen molar-refractivity contribution in [1.29, 1.82) is 0 Å². The van der Waals surface area contributed by atoms with Gasteiger partial charge in [-0.25, -0.2) is 8.78 Å². The molecule has 0 radical (unpaired) electrons. The van der Waals surface area contributed by atoms with Crippen molar-refractivity contribution in [3.8, 4) is 0 Å². The Kier molecular flexibility index (Phi) is 3.15.